The van der Waals surface area contributed by atoms with Crippen molar-refractivity contribution in [3.05, 3.63) is 100 Å². The van der Waals surface area contributed by atoms with Crippen LogP contribution in [0.15, 0.2) is 66.7 Å². The lowest BCUT2D eigenvalue weighted by Gasteiger charge is -2.08. The molecule has 0 unspecified atom stereocenters. The van der Waals surface area contributed by atoms with Gasteiger partial charge in [0.15, 0.2) is 0 Å². The van der Waals surface area contributed by atoms with E-state index < -0.39 is 23.8 Å². The maximum absolute atomic E-state index is 12.5. The predicted molar refractivity (Wildman–Crippen MR) is 122 cm³/mol. The standard InChI is InChI=1S/C25H23N3O6/c1-33-24(31)18-10-6-16(7-11-18)14-26-22(29)20-4-3-5-21(28-20)23(30)27-15-17-8-12-19(13-9-17)25(32)34-2/h3-13H,14-15H2,1-2H3,(H,26,29)(H,27,30). The van der Waals surface area contributed by atoms with E-state index in [1.807, 2.05) is 0 Å². The fourth-order valence-corrected chi connectivity index (χ4v) is 2.99. The van der Waals surface area contributed by atoms with Crippen molar-refractivity contribution in [2.24, 2.45) is 0 Å². The summed E-state index contributed by atoms with van der Waals surface area (Å²) in [5.41, 5.74) is 2.60. The Morgan fingerprint density at radius 3 is 1.38 bits per heavy atom. The second kappa shape index (κ2) is 11.4. The fourth-order valence-electron chi connectivity index (χ4n) is 2.99. The summed E-state index contributed by atoms with van der Waals surface area (Å²) in [5, 5.41) is 5.47. The van der Waals surface area contributed by atoms with Crippen molar-refractivity contribution in [2.45, 2.75) is 13.1 Å². The van der Waals surface area contributed by atoms with E-state index in [1.165, 1.54) is 26.4 Å². The number of nitrogens with zero attached hydrogens (tertiary/aromatic N) is 1. The molecule has 0 spiro atoms. The van der Waals surface area contributed by atoms with Gasteiger partial charge < -0.3 is 20.1 Å². The SMILES string of the molecule is COC(=O)c1ccc(CNC(=O)c2cccc(C(=O)NCc3ccc(C(=O)OC)cc3)n2)cc1. The van der Waals surface area contributed by atoms with Crippen molar-refractivity contribution in [1.29, 1.82) is 0 Å². The molecule has 2 amide bonds. The van der Waals surface area contributed by atoms with Crippen LogP contribution in [-0.4, -0.2) is 43.0 Å². The number of hydrogen-bond donors (Lipinski definition) is 2. The molecular formula is C25H23N3O6. The minimum absolute atomic E-state index is 0.0984. The third-order valence-electron chi connectivity index (χ3n) is 4.87. The maximum Gasteiger partial charge on any atom is 0.337 e. The zero-order valence-corrected chi connectivity index (χ0v) is 18.7. The Hall–Kier alpha value is -4.53. The van der Waals surface area contributed by atoms with E-state index in [1.54, 1.807) is 54.6 Å². The van der Waals surface area contributed by atoms with E-state index in [0.717, 1.165) is 11.1 Å². The third kappa shape index (κ3) is 6.26. The molecule has 0 aliphatic heterocycles. The highest BCUT2D eigenvalue weighted by Crippen LogP contribution is 2.08. The first-order valence-electron chi connectivity index (χ1n) is 10.3. The number of aromatic nitrogens is 1. The van der Waals surface area contributed by atoms with Gasteiger partial charge in [-0.2, -0.15) is 0 Å². The summed E-state index contributed by atoms with van der Waals surface area (Å²) in [6.45, 7) is 0.444. The molecule has 0 saturated carbocycles. The number of rotatable bonds is 8. The Morgan fingerprint density at radius 1 is 0.647 bits per heavy atom. The summed E-state index contributed by atoms with van der Waals surface area (Å²) in [5.74, 6) is -1.75. The number of benzene rings is 2. The van der Waals surface area contributed by atoms with E-state index in [2.05, 4.69) is 25.1 Å². The van der Waals surface area contributed by atoms with Crippen molar-refractivity contribution in [2.75, 3.05) is 14.2 Å². The molecule has 2 aromatic carbocycles. The number of carbonyl (C=O) groups is 4. The van der Waals surface area contributed by atoms with Gasteiger partial charge in [-0.3, -0.25) is 9.59 Å². The Morgan fingerprint density at radius 2 is 1.03 bits per heavy atom. The van der Waals surface area contributed by atoms with Crippen LogP contribution < -0.4 is 10.6 Å². The van der Waals surface area contributed by atoms with Crippen molar-refractivity contribution in [1.82, 2.24) is 15.6 Å². The van der Waals surface area contributed by atoms with Gasteiger partial charge in [-0.05, 0) is 47.5 Å². The van der Waals surface area contributed by atoms with Crippen LogP contribution >= 0.6 is 0 Å². The highest BCUT2D eigenvalue weighted by atomic mass is 16.5. The second-order valence-electron chi connectivity index (χ2n) is 7.15. The third-order valence-corrected chi connectivity index (χ3v) is 4.87. The first-order valence-corrected chi connectivity index (χ1v) is 10.3. The summed E-state index contributed by atoms with van der Waals surface area (Å²) in [6, 6.07) is 17.9. The lowest BCUT2D eigenvalue weighted by atomic mass is 10.1. The molecule has 3 rings (SSSR count). The monoisotopic (exact) mass is 461 g/mol. The fraction of sp³-hybridized carbons (Fsp3) is 0.160. The highest BCUT2D eigenvalue weighted by molar-refractivity contribution is 5.96. The molecule has 9 heteroatoms. The van der Waals surface area contributed by atoms with E-state index >= 15 is 0 Å². The lowest BCUT2D eigenvalue weighted by Crippen LogP contribution is -2.27. The van der Waals surface area contributed by atoms with Crippen LogP contribution in [0.5, 0.6) is 0 Å². The van der Waals surface area contributed by atoms with Crippen molar-refractivity contribution in [3.63, 3.8) is 0 Å². The van der Waals surface area contributed by atoms with Gasteiger partial charge in [0, 0.05) is 13.1 Å². The number of nitrogens with one attached hydrogen (secondary N) is 2. The van der Waals surface area contributed by atoms with E-state index in [4.69, 9.17) is 0 Å². The molecule has 0 radical (unpaired) electrons. The molecule has 174 valence electrons. The molecule has 2 N–H and O–H groups in total. The van der Waals surface area contributed by atoms with Gasteiger partial charge in [0.05, 0.1) is 25.3 Å². The zero-order chi connectivity index (χ0) is 24.5. The zero-order valence-electron chi connectivity index (χ0n) is 18.7. The topological polar surface area (TPSA) is 124 Å². The summed E-state index contributed by atoms with van der Waals surface area (Å²) < 4.78 is 9.31. The van der Waals surface area contributed by atoms with Crippen LogP contribution in [0, 0.1) is 0 Å². The van der Waals surface area contributed by atoms with Crippen LogP contribution in [0.2, 0.25) is 0 Å². The van der Waals surface area contributed by atoms with Crippen LogP contribution in [0.3, 0.4) is 0 Å². The predicted octanol–water partition coefficient (Wildman–Crippen LogP) is 2.51. The number of carbonyl (C=O) groups excluding carboxylic acids is 4. The first-order chi connectivity index (χ1) is 16.4. The average molecular weight is 461 g/mol. The normalized spacial score (nSPS) is 10.2. The number of amides is 2. The van der Waals surface area contributed by atoms with Crippen molar-refractivity contribution >= 4 is 23.8 Å². The second-order valence-corrected chi connectivity index (χ2v) is 7.15. The van der Waals surface area contributed by atoms with Crippen LogP contribution in [-0.2, 0) is 22.6 Å². The first kappa shape index (κ1) is 24.1. The summed E-state index contributed by atoms with van der Waals surface area (Å²) in [7, 11) is 2.61. The Balaban J connectivity index is 1.55. The summed E-state index contributed by atoms with van der Waals surface area (Å²) >= 11 is 0. The smallest absolute Gasteiger partial charge is 0.337 e. The Bertz CT molecular complexity index is 1100. The molecule has 9 nitrogen and oxygen atoms in total. The number of ether oxygens (including phenoxy) is 2. The minimum atomic E-state index is -0.440. The molecular weight excluding hydrogens is 438 g/mol. The summed E-state index contributed by atoms with van der Waals surface area (Å²) in [6.07, 6.45) is 0. The number of pyridine rings is 1. The highest BCUT2D eigenvalue weighted by Gasteiger charge is 2.13. The molecule has 1 heterocycles. The summed E-state index contributed by atoms with van der Waals surface area (Å²) in [4.78, 5) is 52.1. The van der Waals surface area contributed by atoms with Crippen LogP contribution in [0.4, 0.5) is 0 Å². The molecule has 0 bridgehead atoms. The Labute approximate surface area is 196 Å². The van der Waals surface area contributed by atoms with Gasteiger partial charge in [0.25, 0.3) is 11.8 Å². The molecule has 0 saturated heterocycles. The van der Waals surface area contributed by atoms with E-state index in [-0.39, 0.29) is 24.5 Å². The average Bonchev–Trinajstić information content (AvgIpc) is 2.90. The van der Waals surface area contributed by atoms with Crippen LogP contribution in [0.1, 0.15) is 52.8 Å². The van der Waals surface area contributed by atoms with Gasteiger partial charge in [-0.1, -0.05) is 30.3 Å². The maximum atomic E-state index is 12.5. The Kier molecular flexibility index (Phi) is 8.07. The molecule has 3 aromatic rings. The molecule has 0 atom stereocenters. The van der Waals surface area contributed by atoms with Gasteiger partial charge in [0.1, 0.15) is 11.4 Å². The van der Waals surface area contributed by atoms with E-state index in [0.29, 0.717) is 11.1 Å². The largest absolute Gasteiger partial charge is 0.465 e. The van der Waals surface area contributed by atoms with Gasteiger partial charge in [-0.25, -0.2) is 14.6 Å². The number of hydrogen-bond acceptors (Lipinski definition) is 7. The van der Waals surface area contributed by atoms with Gasteiger partial charge in [0.2, 0.25) is 0 Å². The number of methoxy groups -OCH3 is 2. The quantitative estimate of drug-likeness (QED) is 0.494. The minimum Gasteiger partial charge on any atom is -0.465 e. The van der Waals surface area contributed by atoms with E-state index in [9.17, 15) is 19.2 Å². The molecule has 0 aliphatic rings. The molecule has 34 heavy (non-hydrogen) atoms. The molecule has 1 aromatic heterocycles. The van der Waals surface area contributed by atoms with Crippen molar-refractivity contribution < 1.29 is 28.7 Å². The number of esters is 2. The van der Waals surface area contributed by atoms with Gasteiger partial charge >= 0.3 is 11.9 Å². The lowest BCUT2D eigenvalue weighted by molar-refractivity contribution is 0.0592. The molecule has 0 fully saturated rings. The van der Waals surface area contributed by atoms with Gasteiger partial charge in [-0.15, -0.1) is 0 Å². The molecule has 0 aliphatic carbocycles. The van der Waals surface area contributed by atoms with Crippen molar-refractivity contribution in [3.8, 4) is 0 Å². The van der Waals surface area contributed by atoms with Crippen LogP contribution in [0.25, 0.3) is 0 Å².